The van der Waals surface area contributed by atoms with E-state index in [-0.39, 0.29) is 0 Å². The molecule has 1 heteroatoms. The summed E-state index contributed by atoms with van der Waals surface area (Å²) < 4.78 is 0. The van der Waals surface area contributed by atoms with Gasteiger partial charge in [-0.15, -0.1) is 0 Å². The first-order valence-corrected chi connectivity index (χ1v) is 12.4. The highest BCUT2D eigenvalue weighted by Gasteiger charge is 2.30. The van der Waals surface area contributed by atoms with Crippen LogP contribution in [0.15, 0.2) is 48.5 Å². The summed E-state index contributed by atoms with van der Waals surface area (Å²) in [7, 11) is 0. The maximum Gasteiger partial charge on any atom is 0.0283 e. The van der Waals surface area contributed by atoms with Crippen LogP contribution in [-0.2, 0) is 5.33 Å². The van der Waals surface area contributed by atoms with Crippen molar-refractivity contribution in [3.05, 3.63) is 70.8 Å². The number of halogens is 1. The second-order valence-electron chi connectivity index (χ2n) is 10.7. The van der Waals surface area contributed by atoms with E-state index in [0.717, 1.165) is 5.33 Å². The molecule has 0 amide bonds. The van der Waals surface area contributed by atoms with E-state index in [4.69, 9.17) is 0 Å². The largest absolute Gasteiger partial charge is 0.0876 e. The molecule has 0 spiro atoms. The second kappa shape index (κ2) is 10.3. The third-order valence-electron chi connectivity index (χ3n) is 6.67. The maximum atomic E-state index is 3.58. The normalized spacial score (nSPS) is 14.6. The van der Waals surface area contributed by atoms with Gasteiger partial charge in [0.1, 0.15) is 0 Å². The van der Waals surface area contributed by atoms with Gasteiger partial charge in [-0.3, -0.25) is 0 Å². The number of benzene rings is 2. The lowest BCUT2D eigenvalue weighted by Gasteiger charge is -2.36. The molecule has 0 N–H and O–H groups in total. The van der Waals surface area contributed by atoms with Crippen molar-refractivity contribution in [2.24, 2.45) is 10.8 Å². The summed E-state index contributed by atoms with van der Waals surface area (Å²) in [4.78, 5) is 0. The molecule has 2 rings (SSSR count). The Bertz CT molecular complexity index is 737. The van der Waals surface area contributed by atoms with Crippen LogP contribution in [0, 0.1) is 17.8 Å². The Kier molecular flexibility index (Phi) is 8.59. The predicted molar refractivity (Wildman–Crippen MR) is 133 cm³/mol. The molecule has 0 radical (unpaired) electrons. The van der Waals surface area contributed by atoms with Gasteiger partial charge < -0.3 is 0 Å². The molecule has 2 unspecified atom stereocenters. The molecule has 0 saturated carbocycles. The van der Waals surface area contributed by atoms with E-state index < -0.39 is 0 Å². The summed E-state index contributed by atoms with van der Waals surface area (Å²) in [6.45, 7) is 16.7. The zero-order valence-electron chi connectivity index (χ0n) is 19.7. The van der Waals surface area contributed by atoms with Crippen LogP contribution in [0.25, 0.3) is 0 Å². The van der Waals surface area contributed by atoms with E-state index in [1.807, 2.05) is 0 Å². The number of hydrogen-bond donors (Lipinski definition) is 0. The lowest BCUT2D eigenvalue weighted by molar-refractivity contribution is 0.215. The summed E-state index contributed by atoms with van der Waals surface area (Å²) in [6, 6.07) is 18.4. The van der Waals surface area contributed by atoms with Crippen LogP contribution in [0.2, 0.25) is 0 Å². The molecule has 0 aliphatic heterocycles. The third kappa shape index (κ3) is 7.59. The fraction of sp³-hybridized carbons (Fsp3) is 0.571. The number of rotatable bonds is 10. The smallest absolute Gasteiger partial charge is 0.0283 e. The number of alkyl halides is 1. The van der Waals surface area contributed by atoms with Gasteiger partial charge in [-0.25, -0.2) is 0 Å². The first kappa shape index (κ1) is 24.2. The molecule has 0 nitrogen and oxygen atoms in total. The van der Waals surface area contributed by atoms with Crippen LogP contribution in [0.4, 0.5) is 0 Å². The Morgan fingerprint density at radius 3 is 1.79 bits per heavy atom. The molecular formula is C28H41Br. The van der Waals surface area contributed by atoms with Gasteiger partial charge in [0.25, 0.3) is 0 Å². The Labute approximate surface area is 188 Å². The van der Waals surface area contributed by atoms with Crippen molar-refractivity contribution >= 4 is 15.9 Å². The lowest BCUT2D eigenvalue weighted by atomic mass is 9.69. The quantitative estimate of drug-likeness (QED) is 0.312. The average molecular weight is 458 g/mol. The van der Waals surface area contributed by atoms with Crippen LogP contribution in [0.1, 0.15) is 101 Å². The minimum absolute atomic E-state index is 0.298. The SMILES string of the molecule is CCC(C)(C)CC(CC(C)(C)CC(C)c1ccc(C)cc1)c1ccc(CBr)cc1. The molecule has 0 aliphatic carbocycles. The molecule has 0 aromatic heterocycles. The molecule has 0 bridgehead atoms. The Morgan fingerprint density at radius 1 is 0.759 bits per heavy atom. The molecule has 29 heavy (non-hydrogen) atoms. The van der Waals surface area contributed by atoms with E-state index in [9.17, 15) is 0 Å². The topological polar surface area (TPSA) is 0 Å². The van der Waals surface area contributed by atoms with Gasteiger partial charge in [0.2, 0.25) is 0 Å². The average Bonchev–Trinajstić information content (AvgIpc) is 2.67. The van der Waals surface area contributed by atoms with Crippen molar-refractivity contribution in [2.45, 2.75) is 91.3 Å². The van der Waals surface area contributed by atoms with Crippen molar-refractivity contribution in [1.29, 1.82) is 0 Å². The summed E-state index contributed by atoms with van der Waals surface area (Å²) in [5, 5.41) is 0.929. The van der Waals surface area contributed by atoms with Crippen molar-refractivity contribution in [1.82, 2.24) is 0 Å². The van der Waals surface area contributed by atoms with E-state index in [1.165, 1.54) is 47.9 Å². The Balaban J connectivity index is 2.19. The van der Waals surface area contributed by atoms with Crippen molar-refractivity contribution in [3.63, 3.8) is 0 Å². The first-order chi connectivity index (χ1) is 13.5. The van der Waals surface area contributed by atoms with Gasteiger partial charge >= 0.3 is 0 Å². The number of aryl methyl sites for hydroxylation is 1. The molecular weight excluding hydrogens is 416 g/mol. The Hall–Kier alpha value is -1.08. The molecule has 0 saturated heterocycles. The predicted octanol–water partition coefficient (Wildman–Crippen LogP) is 9.41. The zero-order valence-corrected chi connectivity index (χ0v) is 21.3. The summed E-state index contributed by atoms with van der Waals surface area (Å²) in [6.07, 6.45) is 4.93. The van der Waals surface area contributed by atoms with E-state index in [2.05, 4.69) is 113 Å². The van der Waals surface area contributed by atoms with Crippen LogP contribution < -0.4 is 0 Å². The monoisotopic (exact) mass is 456 g/mol. The summed E-state index contributed by atoms with van der Waals surface area (Å²) in [5.74, 6) is 1.19. The zero-order chi connectivity index (χ0) is 21.7. The fourth-order valence-electron chi connectivity index (χ4n) is 4.59. The molecule has 2 aromatic rings. The van der Waals surface area contributed by atoms with Crippen LogP contribution in [0.3, 0.4) is 0 Å². The molecule has 160 valence electrons. The molecule has 0 heterocycles. The fourth-order valence-corrected chi connectivity index (χ4v) is 4.96. The van der Waals surface area contributed by atoms with Gasteiger partial charge in [0.05, 0.1) is 0 Å². The standard InChI is InChI=1S/C28H41Br/c1-8-27(4,5)18-26(25-15-11-23(20-29)12-16-25)19-28(6,7)17-22(3)24-13-9-21(2)10-14-24/h9-16,22,26H,8,17-20H2,1-7H3. The minimum Gasteiger partial charge on any atom is -0.0876 e. The van der Waals surface area contributed by atoms with E-state index in [0.29, 0.717) is 22.7 Å². The van der Waals surface area contributed by atoms with Crippen LogP contribution >= 0.6 is 15.9 Å². The van der Waals surface area contributed by atoms with Gasteiger partial charge in [-0.1, -0.05) is 118 Å². The second-order valence-corrected chi connectivity index (χ2v) is 11.2. The summed E-state index contributed by atoms with van der Waals surface area (Å²) in [5.41, 5.74) is 6.34. The van der Waals surface area contributed by atoms with E-state index in [1.54, 1.807) is 0 Å². The van der Waals surface area contributed by atoms with Crippen molar-refractivity contribution in [3.8, 4) is 0 Å². The van der Waals surface area contributed by atoms with Gasteiger partial charge in [-0.05, 0) is 65.5 Å². The number of hydrogen-bond acceptors (Lipinski definition) is 0. The van der Waals surface area contributed by atoms with Crippen molar-refractivity contribution in [2.75, 3.05) is 0 Å². The first-order valence-electron chi connectivity index (χ1n) is 11.3. The molecule has 2 aromatic carbocycles. The van der Waals surface area contributed by atoms with E-state index >= 15 is 0 Å². The molecule has 0 aliphatic rings. The van der Waals surface area contributed by atoms with Gasteiger partial charge in [-0.2, -0.15) is 0 Å². The Morgan fingerprint density at radius 2 is 1.28 bits per heavy atom. The van der Waals surface area contributed by atoms with Crippen molar-refractivity contribution < 1.29 is 0 Å². The third-order valence-corrected chi connectivity index (χ3v) is 7.31. The summed E-state index contributed by atoms with van der Waals surface area (Å²) >= 11 is 3.58. The highest BCUT2D eigenvalue weighted by atomic mass is 79.9. The minimum atomic E-state index is 0.298. The van der Waals surface area contributed by atoms with Gasteiger partial charge in [0, 0.05) is 5.33 Å². The van der Waals surface area contributed by atoms with Crippen LogP contribution in [0.5, 0.6) is 0 Å². The maximum absolute atomic E-state index is 3.58. The molecule has 0 fully saturated rings. The molecule has 2 atom stereocenters. The lowest BCUT2D eigenvalue weighted by Crippen LogP contribution is -2.23. The highest BCUT2D eigenvalue weighted by Crippen LogP contribution is 2.44. The highest BCUT2D eigenvalue weighted by molar-refractivity contribution is 9.08. The van der Waals surface area contributed by atoms with Gasteiger partial charge in [0.15, 0.2) is 0 Å². The van der Waals surface area contributed by atoms with Crippen LogP contribution in [-0.4, -0.2) is 0 Å².